The van der Waals surface area contributed by atoms with E-state index in [0.29, 0.717) is 0 Å². The number of halogens is 3. The van der Waals surface area contributed by atoms with Crippen LogP contribution in [0, 0.1) is 0 Å². The number of rotatable bonds is 3. The zero-order valence-electron chi connectivity index (χ0n) is 9.65. The maximum Gasteiger partial charge on any atom is 0.573 e. The van der Waals surface area contributed by atoms with Crippen molar-refractivity contribution in [3.63, 3.8) is 0 Å². The van der Waals surface area contributed by atoms with E-state index in [-0.39, 0.29) is 18.4 Å². The van der Waals surface area contributed by atoms with Gasteiger partial charge in [0.15, 0.2) is 0 Å². The number of benzene rings is 1. The van der Waals surface area contributed by atoms with E-state index in [9.17, 15) is 28.2 Å². The fraction of sp³-hybridized carbons (Fsp3) is 0.417. The Balaban J connectivity index is 2.41. The molecule has 1 saturated carbocycles. The number of carbonyl (C=O) groups is 1. The Kier molecular flexibility index (Phi) is 3.17. The van der Waals surface area contributed by atoms with E-state index in [1.807, 2.05) is 0 Å². The fourth-order valence-corrected chi connectivity index (χ4v) is 2.33. The van der Waals surface area contributed by atoms with Gasteiger partial charge in [0.1, 0.15) is 11.2 Å². The molecule has 19 heavy (non-hydrogen) atoms. The predicted molar refractivity (Wildman–Crippen MR) is 57.7 cm³/mol. The third-order valence-corrected chi connectivity index (χ3v) is 3.21. The topological polar surface area (TPSA) is 66.8 Å². The maximum atomic E-state index is 12.3. The van der Waals surface area contributed by atoms with Gasteiger partial charge in [-0.1, -0.05) is 18.2 Å². The number of ether oxygens (including phenoxy) is 1. The number of para-hydroxylation sites is 1. The molecule has 1 fully saturated rings. The number of aliphatic hydroxyl groups is 1. The summed E-state index contributed by atoms with van der Waals surface area (Å²) in [5.41, 5.74) is -1.58. The summed E-state index contributed by atoms with van der Waals surface area (Å²) >= 11 is 0. The standard InChI is InChI=1S/C12H11F3O4/c13-12(14,15)19-9-4-2-1-3-8(9)11(10(17)18)5-7(16)6-11/h1-4,7,16H,5-6H2,(H,17,18). The minimum Gasteiger partial charge on any atom is -0.481 e. The van der Waals surface area contributed by atoms with Gasteiger partial charge in [0.05, 0.1) is 6.10 Å². The molecule has 1 aliphatic carbocycles. The Hall–Kier alpha value is -1.76. The first-order valence-electron chi connectivity index (χ1n) is 5.51. The van der Waals surface area contributed by atoms with Crippen molar-refractivity contribution >= 4 is 5.97 Å². The SMILES string of the molecule is O=C(O)C1(c2ccccc2OC(F)(F)F)CC(O)C1. The van der Waals surface area contributed by atoms with Crippen molar-refractivity contribution in [1.82, 2.24) is 0 Å². The molecule has 104 valence electrons. The van der Waals surface area contributed by atoms with Crippen LogP contribution in [-0.2, 0) is 10.2 Å². The molecule has 2 N–H and O–H groups in total. The van der Waals surface area contributed by atoms with Crippen LogP contribution < -0.4 is 4.74 Å². The molecule has 7 heteroatoms. The van der Waals surface area contributed by atoms with Gasteiger partial charge in [-0.2, -0.15) is 0 Å². The second-order valence-corrected chi connectivity index (χ2v) is 4.49. The summed E-state index contributed by atoms with van der Waals surface area (Å²) in [7, 11) is 0. The number of carboxylic acid groups (broad SMARTS) is 1. The summed E-state index contributed by atoms with van der Waals surface area (Å²) in [5.74, 6) is -1.81. The van der Waals surface area contributed by atoms with Crippen molar-refractivity contribution in [3.8, 4) is 5.75 Å². The fourth-order valence-electron chi connectivity index (χ4n) is 2.33. The minimum absolute atomic E-state index is 0.0647. The van der Waals surface area contributed by atoms with Crippen LogP contribution in [0.3, 0.4) is 0 Å². The average Bonchev–Trinajstić information content (AvgIpc) is 2.23. The smallest absolute Gasteiger partial charge is 0.481 e. The van der Waals surface area contributed by atoms with Crippen molar-refractivity contribution in [2.75, 3.05) is 0 Å². The van der Waals surface area contributed by atoms with E-state index < -0.39 is 29.6 Å². The Morgan fingerprint density at radius 1 is 1.32 bits per heavy atom. The van der Waals surface area contributed by atoms with Crippen molar-refractivity contribution in [2.24, 2.45) is 0 Å². The van der Waals surface area contributed by atoms with E-state index in [1.165, 1.54) is 18.2 Å². The number of hydrogen-bond acceptors (Lipinski definition) is 3. The first-order chi connectivity index (χ1) is 8.74. The molecule has 0 aromatic heterocycles. The van der Waals surface area contributed by atoms with Gasteiger partial charge in [-0.3, -0.25) is 4.79 Å². The van der Waals surface area contributed by atoms with Crippen molar-refractivity contribution < 1.29 is 32.9 Å². The van der Waals surface area contributed by atoms with Gasteiger partial charge < -0.3 is 14.9 Å². The summed E-state index contributed by atoms with van der Waals surface area (Å²) < 4.78 is 40.7. The minimum atomic E-state index is -4.89. The highest BCUT2D eigenvalue weighted by Gasteiger charge is 2.53. The highest BCUT2D eigenvalue weighted by molar-refractivity contribution is 5.84. The number of aliphatic hydroxyl groups excluding tert-OH is 1. The van der Waals surface area contributed by atoms with Gasteiger partial charge in [0, 0.05) is 5.56 Å². The van der Waals surface area contributed by atoms with Gasteiger partial charge in [-0.15, -0.1) is 13.2 Å². The van der Waals surface area contributed by atoms with E-state index in [1.54, 1.807) is 0 Å². The molecule has 0 amide bonds. The molecule has 4 nitrogen and oxygen atoms in total. The van der Waals surface area contributed by atoms with Crippen LogP contribution in [0.2, 0.25) is 0 Å². The molecule has 2 rings (SSSR count). The Morgan fingerprint density at radius 2 is 1.89 bits per heavy atom. The lowest BCUT2D eigenvalue weighted by atomic mass is 9.62. The third kappa shape index (κ3) is 2.51. The summed E-state index contributed by atoms with van der Waals surface area (Å²) in [6.45, 7) is 0. The van der Waals surface area contributed by atoms with Gasteiger partial charge >= 0.3 is 12.3 Å². The second-order valence-electron chi connectivity index (χ2n) is 4.49. The van der Waals surface area contributed by atoms with E-state index in [4.69, 9.17) is 0 Å². The van der Waals surface area contributed by atoms with E-state index in [0.717, 1.165) is 6.07 Å². The Morgan fingerprint density at radius 3 is 2.37 bits per heavy atom. The summed E-state index contributed by atoms with van der Waals surface area (Å²) in [6, 6.07) is 5.11. The lowest BCUT2D eigenvalue weighted by Crippen LogP contribution is -2.50. The molecule has 0 unspecified atom stereocenters. The zero-order valence-corrected chi connectivity index (χ0v) is 9.65. The maximum absolute atomic E-state index is 12.3. The van der Waals surface area contributed by atoms with Crippen molar-refractivity contribution in [3.05, 3.63) is 29.8 Å². The van der Waals surface area contributed by atoms with Crippen LogP contribution in [0.4, 0.5) is 13.2 Å². The summed E-state index contributed by atoms with van der Waals surface area (Å²) in [5, 5.41) is 18.5. The molecule has 0 heterocycles. The monoisotopic (exact) mass is 276 g/mol. The predicted octanol–water partition coefficient (Wildman–Crippen LogP) is 2.06. The molecule has 1 aliphatic rings. The zero-order chi connectivity index (χ0) is 14.3. The highest BCUT2D eigenvalue weighted by Crippen LogP contribution is 2.48. The van der Waals surface area contributed by atoms with E-state index >= 15 is 0 Å². The molecule has 0 saturated heterocycles. The van der Waals surface area contributed by atoms with E-state index in [2.05, 4.69) is 4.74 Å². The van der Waals surface area contributed by atoms with Crippen molar-refractivity contribution in [1.29, 1.82) is 0 Å². The summed E-state index contributed by atoms with van der Waals surface area (Å²) in [4.78, 5) is 11.3. The van der Waals surface area contributed by atoms with Crippen LogP contribution >= 0.6 is 0 Å². The first kappa shape index (κ1) is 13.7. The van der Waals surface area contributed by atoms with Gasteiger partial charge in [0.25, 0.3) is 0 Å². The molecule has 0 aliphatic heterocycles. The van der Waals surface area contributed by atoms with Gasteiger partial charge in [-0.05, 0) is 18.9 Å². The molecule has 1 aromatic rings. The Bertz CT molecular complexity index is 492. The van der Waals surface area contributed by atoms with Crippen LogP contribution in [0.5, 0.6) is 5.75 Å². The molecular weight excluding hydrogens is 265 g/mol. The van der Waals surface area contributed by atoms with Gasteiger partial charge in [0.2, 0.25) is 0 Å². The highest BCUT2D eigenvalue weighted by atomic mass is 19.4. The normalized spacial score (nSPS) is 26.6. The number of aliphatic carboxylic acids is 1. The first-order valence-corrected chi connectivity index (χ1v) is 5.51. The molecule has 0 radical (unpaired) electrons. The quantitative estimate of drug-likeness (QED) is 0.886. The van der Waals surface area contributed by atoms with Gasteiger partial charge in [-0.25, -0.2) is 0 Å². The largest absolute Gasteiger partial charge is 0.573 e. The molecule has 0 bridgehead atoms. The number of carboxylic acids is 1. The third-order valence-electron chi connectivity index (χ3n) is 3.21. The van der Waals surface area contributed by atoms with Crippen LogP contribution in [0.25, 0.3) is 0 Å². The second kappa shape index (κ2) is 4.41. The molecule has 1 aromatic carbocycles. The lowest BCUT2D eigenvalue weighted by Gasteiger charge is -2.42. The van der Waals surface area contributed by atoms with Crippen LogP contribution in [0.15, 0.2) is 24.3 Å². The Labute approximate surface area is 106 Å². The summed E-state index contributed by atoms with van der Waals surface area (Å²) in [6.07, 6.45) is -5.96. The number of hydrogen-bond donors (Lipinski definition) is 2. The number of alkyl halides is 3. The van der Waals surface area contributed by atoms with Crippen LogP contribution in [-0.4, -0.2) is 28.6 Å². The molecule has 0 atom stereocenters. The van der Waals surface area contributed by atoms with Crippen molar-refractivity contribution in [2.45, 2.75) is 30.7 Å². The lowest BCUT2D eigenvalue weighted by molar-refractivity contribution is -0.275. The van der Waals surface area contributed by atoms with Crippen LogP contribution in [0.1, 0.15) is 18.4 Å². The molecular formula is C12H11F3O4. The molecule has 0 spiro atoms. The average molecular weight is 276 g/mol.